The Morgan fingerprint density at radius 3 is 2.80 bits per heavy atom. The summed E-state index contributed by atoms with van der Waals surface area (Å²) in [7, 11) is 1.68. The first kappa shape index (κ1) is 11.6. The van der Waals surface area contributed by atoms with Gasteiger partial charge in [0.05, 0.1) is 11.4 Å². The van der Waals surface area contributed by atoms with E-state index in [1.54, 1.807) is 11.5 Å². The van der Waals surface area contributed by atoms with Gasteiger partial charge in [-0.3, -0.25) is 4.79 Å². The molecule has 0 bridgehead atoms. The summed E-state index contributed by atoms with van der Waals surface area (Å²) in [6.07, 6.45) is 0.366. The van der Waals surface area contributed by atoms with Crippen LogP contribution in [0.1, 0.15) is 0 Å². The van der Waals surface area contributed by atoms with Crippen molar-refractivity contribution in [1.29, 1.82) is 0 Å². The SMILES string of the molecule is Cn1c(=O)c2c(Cl)cc(Cl)nc2n1PI. The fourth-order valence-corrected chi connectivity index (χ4v) is 3.93. The van der Waals surface area contributed by atoms with Gasteiger partial charge in [0.2, 0.25) is 0 Å². The molecule has 2 aromatic heterocycles. The summed E-state index contributed by atoms with van der Waals surface area (Å²) in [6.45, 7) is 0. The zero-order chi connectivity index (χ0) is 11.2. The van der Waals surface area contributed by atoms with E-state index in [0.717, 1.165) is 0 Å². The molecule has 0 spiro atoms. The van der Waals surface area contributed by atoms with Gasteiger partial charge in [0.1, 0.15) is 10.5 Å². The van der Waals surface area contributed by atoms with Crippen molar-refractivity contribution >= 4 is 62.7 Å². The lowest BCUT2D eigenvalue weighted by molar-refractivity contribution is 0.710. The molecular formula is C7H5Cl2IN3OP. The first-order valence-electron chi connectivity index (χ1n) is 3.86. The molecule has 80 valence electrons. The van der Waals surface area contributed by atoms with Crippen LogP contribution in [-0.2, 0) is 7.05 Å². The van der Waals surface area contributed by atoms with Crippen LogP contribution in [-0.4, -0.2) is 14.1 Å². The van der Waals surface area contributed by atoms with Crippen LogP contribution in [0.3, 0.4) is 0 Å². The second-order valence-corrected chi connectivity index (χ2v) is 5.68. The van der Waals surface area contributed by atoms with Crippen molar-refractivity contribution in [2.75, 3.05) is 0 Å². The van der Waals surface area contributed by atoms with Crippen LogP contribution in [0, 0.1) is 0 Å². The van der Waals surface area contributed by atoms with Gasteiger partial charge in [0, 0.05) is 7.05 Å². The van der Waals surface area contributed by atoms with Crippen molar-refractivity contribution < 1.29 is 0 Å². The van der Waals surface area contributed by atoms with Gasteiger partial charge in [-0.05, 0) is 28.1 Å². The molecule has 0 fully saturated rings. The molecule has 2 heterocycles. The topological polar surface area (TPSA) is 39.8 Å². The molecule has 0 aromatic carbocycles. The molecular weight excluding hydrogens is 371 g/mol. The molecule has 1 atom stereocenters. The minimum atomic E-state index is -0.150. The standard InChI is InChI=1S/C7H5Cl2IN3OP/c1-12-7(14)5-3(8)2-4(9)11-6(5)13(12)15-10/h2,15H,1H3. The molecule has 2 aromatic rings. The van der Waals surface area contributed by atoms with E-state index < -0.39 is 0 Å². The van der Waals surface area contributed by atoms with Crippen LogP contribution in [0.5, 0.6) is 0 Å². The number of hydrogen-bond acceptors (Lipinski definition) is 2. The molecule has 1 unspecified atom stereocenters. The molecule has 0 saturated heterocycles. The predicted molar refractivity (Wildman–Crippen MR) is 72.7 cm³/mol. The van der Waals surface area contributed by atoms with Gasteiger partial charge in [-0.1, -0.05) is 23.2 Å². The van der Waals surface area contributed by atoms with Crippen molar-refractivity contribution in [2.24, 2.45) is 7.05 Å². The first-order valence-corrected chi connectivity index (χ1v) is 8.68. The van der Waals surface area contributed by atoms with Crippen molar-refractivity contribution in [2.45, 2.75) is 0 Å². The molecule has 0 aliphatic rings. The average molecular weight is 376 g/mol. The zero-order valence-corrected chi connectivity index (χ0v) is 12.1. The summed E-state index contributed by atoms with van der Waals surface area (Å²) in [6, 6.07) is 1.48. The lowest BCUT2D eigenvalue weighted by atomic mass is 10.3. The molecule has 0 aliphatic carbocycles. The Balaban J connectivity index is 3.04. The quantitative estimate of drug-likeness (QED) is 0.437. The fraction of sp³-hybridized carbons (Fsp3) is 0.143. The molecule has 0 saturated carbocycles. The monoisotopic (exact) mass is 375 g/mol. The molecule has 0 radical (unpaired) electrons. The van der Waals surface area contributed by atoms with E-state index >= 15 is 0 Å². The minimum absolute atomic E-state index is 0.150. The van der Waals surface area contributed by atoms with Gasteiger partial charge >= 0.3 is 0 Å². The molecule has 4 nitrogen and oxygen atoms in total. The fourth-order valence-electron chi connectivity index (χ4n) is 1.32. The number of pyridine rings is 1. The lowest BCUT2D eigenvalue weighted by Crippen LogP contribution is -2.14. The van der Waals surface area contributed by atoms with Crippen molar-refractivity contribution in [3.8, 4) is 0 Å². The third-order valence-electron chi connectivity index (χ3n) is 2.01. The van der Waals surface area contributed by atoms with Crippen molar-refractivity contribution in [1.82, 2.24) is 14.1 Å². The highest BCUT2D eigenvalue weighted by Gasteiger charge is 2.15. The van der Waals surface area contributed by atoms with Gasteiger partial charge in [-0.2, -0.15) is 0 Å². The number of rotatable bonds is 1. The first-order chi connectivity index (χ1) is 7.06. The highest BCUT2D eigenvalue weighted by molar-refractivity contribution is 14.2. The Bertz CT molecular complexity index is 594. The number of halogens is 3. The second kappa shape index (κ2) is 4.20. The highest BCUT2D eigenvalue weighted by Crippen LogP contribution is 2.30. The van der Waals surface area contributed by atoms with Crippen LogP contribution in [0.25, 0.3) is 11.0 Å². The van der Waals surface area contributed by atoms with E-state index in [2.05, 4.69) is 27.0 Å². The van der Waals surface area contributed by atoms with Gasteiger partial charge in [0.25, 0.3) is 5.56 Å². The van der Waals surface area contributed by atoms with E-state index in [9.17, 15) is 4.79 Å². The van der Waals surface area contributed by atoms with Gasteiger partial charge in [0.15, 0.2) is 5.65 Å². The molecule has 0 N–H and O–H groups in total. The summed E-state index contributed by atoms with van der Waals surface area (Å²) in [4.78, 5) is 15.9. The normalized spacial score (nSPS) is 12.0. The number of aromatic nitrogens is 3. The number of nitrogens with zero attached hydrogens (tertiary/aromatic N) is 3. The van der Waals surface area contributed by atoms with E-state index in [-0.39, 0.29) is 5.56 Å². The van der Waals surface area contributed by atoms with Gasteiger partial charge < -0.3 is 0 Å². The second-order valence-electron chi connectivity index (χ2n) is 2.85. The van der Waals surface area contributed by atoms with Crippen LogP contribution in [0.15, 0.2) is 10.9 Å². The summed E-state index contributed by atoms with van der Waals surface area (Å²) in [5, 5.41) is 1.06. The molecule has 2 rings (SSSR count). The molecule has 15 heavy (non-hydrogen) atoms. The Labute approximate surface area is 110 Å². The van der Waals surface area contributed by atoms with Crippen molar-refractivity contribution in [3.05, 3.63) is 26.6 Å². The third-order valence-corrected chi connectivity index (χ3v) is 4.54. The van der Waals surface area contributed by atoms with Crippen LogP contribution in [0.4, 0.5) is 0 Å². The number of hydrogen-bond donors (Lipinski definition) is 0. The Morgan fingerprint density at radius 2 is 2.20 bits per heavy atom. The third kappa shape index (κ3) is 1.79. The summed E-state index contributed by atoms with van der Waals surface area (Å²) >= 11 is 13.9. The highest BCUT2D eigenvalue weighted by atomic mass is 127. The van der Waals surface area contributed by atoms with Gasteiger partial charge in [-0.15, -0.1) is 0 Å². The van der Waals surface area contributed by atoms with Crippen LogP contribution in [0.2, 0.25) is 10.2 Å². The van der Waals surface area contributed by atoms with E-state index in [1.165, 1.54) is 10.7 Å². The molecule has 0 aliphatic heterocycles. The maximum absolute atomic E-state index is 11.8. The van der Waals surface area contributed by atoms with Crippen LogP contribution >= 0.6 is 51.6 Å². The summed E-state index contributed by atoms with van der Waals surface area (Å²) in [5.41, 5.74) is 0.385. The maximum Gasteiger partial charge on any atom is 0.277 e. The van der Waals surface area contributed by atoms with Crippen molar-refractivity contribution in [3.63, 3.8) is 0 Å². The van der Waals surface area contributed by atoms with E-state index in [4.69, 9.17) is 23.2 Å². The van der Waals surface area contributed by atoms with Crippen LogP contribution < -0.4 is 5.56 Å². The largest absolute Gasteiger partial charge is 0.277 e. The average Bonchev–Trinajstić information content (AvgIpc) is 2.39. The Morgan fingerprint density at radius 1 is 1.53 bits per heavy atom. The Hall–Kier alpha value is 0.160. The predicted octanol–water partition coefficient (Wildman–Crippen LogP) is 2.83. The van der Waals surface area contributed by atoms with E-state index in [0.29, 0.717) is 27.6 Å². The summed E-state index contributed by atoms with van der Waals surface area (Å²) in [5.74, 6) is 0. The smallest absolute Gasteiger partial charge is 0.267 e. The van der Waals surface area contributed by atoms with Gasteiger partial charge in [-0.25, -0.2) is 14.1 Å². The molecule has 0 amide bonds. The molecule has 8 heteroatoms. The number of fused-ring (bicyclic) bond motifs is 1. The zero-order valence-electron chi connectivity index (χ0n) is 7.46. The lowest BCUT2D eigenvalue weighted by Gasteiger charge is -2.02. The maximum atomic E-state index is 11.8. The van der Waals surface area contributed by atoms with E-state index in [1.807, 2.05) is 0 Å². The summed E-state index contributed by atoms with van der Waals surface area (Å²) < 4.78 is 3.24. The minimum Gasteiger partial charge on any atom is -0.267 e. The Kier molecular flexibility index (Phi) is 3.26.